The molecule has 1 N–H and O–H groups in total. The largest absolute Gasteiger partial charge is 0.481 e. The Morgan fingerprint density at radius 2 is 1.89 bits per heavy atom. The fraction of sp³-hybridized carbons (Fsp3) is 0.429. The lowest BCUT2D eigenvalue weighted by atomic mass is 9.94. The standard InChI is InChI=1S/C14H18FNO3/c1-8(2)12(14(18)19)13(17)16(4)10-5-6-11(15)9(3)7-10/h5-8,12H,1-4H3,(H,18,19). The number of carboxylic acid groups (broad SMARTS) is 1. The number of halogens is 1. The van der Waals surface area contributed by atoms with E-state index < -0.39 is 17.8 Å². The van der Waals surface area contributed by atoms with Crippen LogP contribution in [-0.2, 0) is 9.59 Å². The first-order chi connectivity index (χ1) is 8.75. The van der Waals surface area contributed by atoms with E-state index in [9.17, 15) is 14.0 Å². The zero-order chi connectivity index (χ0) is 14.7. The van der Waals surface area contributed by atoms with Crippen LogP contribution < -0.4 is 4.90 Å². The van der Waals surface area contributed by atoms with Gasteiger partial charge in [0.2, 0.25) is 5.91 Å². The molecule has 0 aromatic heterocycles. The predicted octanol–water partition coefficient (Wildman–Crippen LogP) is 2.45. The van der Waals surface area contributed by atoms with Crippen molar-refractivity contribution < 1.29 is 19.1 Å². The van der Waals surface area contributed by atoms with Gasteiger partial charge in [-0.05, 0) is 36.6 Å². The van der Waals surface area contributed by atoms with E-state index in [4.69, 9.17) is 5.11 Å². The molecule has 1 aromatic carbocycles. The third-order valence-electron chi connectivity index (χ3n) is 3.06. The Morgan fingerprint density at radius 3 is 2.32 bits per heavy atom. The summed E-state index contributed by atoms with van der Waals surface area (Å²) in [6.45, 7) is 4.95. The van der Waals surface area contributed by atoms with Gasteiger partial charge in [0.1, 0.15) is 11.7 Å². The molecule has 1 aromatic rings. The highest BCUT2D eigenvalue weighted by Gasteiger charge is 2.32. The zero-order valence-electron chi connectivity index (χ0n) is 11.5. The quantitative estimate of drug-likeness (QED) is 0.852. The molecule has 0 bridgehead atoms. The van der Waals surface area contributed by atoms with Crippen molar-refractivity contribution in [3.05, 3.63) is 29.6 Å². The summed E-state index contributed by atoms with van der Waals surface area (Å²) in [5, 5.41) is 9.10. The van der Waals surface area contributed by atoms with Crippen LogP contribution in [0.5, 0.6) is 0 Å². The Bertz CT molecular complexity index is 499. The maximum absolute atomic E-state index is 13.2. The Labute approximate surface area is 111 Å². The molecule has 19 heavy (non-hydrogen) atoms. The molecule has 4 nitrogen and oxygen atoms in total. The Hall–Kier alpha value is -1.91. The highest BCUT2D eigenvalue weighted by molar-refractivity contribution is 6.05. The van der Waals surface area contributed by atoms with Crippen molar-refractivity contribution in [2.45, 2.75) is 20.8 Å². The third kappa shape index (κ3) is 3.30. The summed E-state index contributed by atoms with van der Waals surface area (Å²) in [5.74, 6) is -3.42. The molecule has 0 spiro atoms. The van der Waals surface area contributed by atoms with Crippen LogP contribution in [0.2, 0.25) is 0 Å². The SMILES string of the molecule is Cc1cc(N(C)C(=O)C(C(=O)O)C(C)C)ccc1F. The maximum Gasteiger partial charge on any atom is 0.316 e. The predicted molar refractivity (Wildman–Crippen MR) is 70.5 cm³/mol. The van der Waals surface area contributed by atoms with E-state index >= 15 is 0 Å². The minimum Gasteiger partial charge on any atom is -0.481 e. The number of aliphatic carboxylic acids is 1. The van der Waals surface area contributed by atoms with E-state index in [1.165, 1.54) is 30.1 Å². The van der Waals surface area contributed by atoms with Crippen molar-refractivity contribution in [2.24, 2.45) is 11.8 Å². The number of anilines is 1. The van der Waals surface area contributed by atoms with E-state index in [2.05, 4.69) is 0 Å². The minimum atomic E-state index is -1.15. The third-order valence-corrected chi connectivity index (χ3v) is 3.06. The molecule has 1 rings (SSSR count). The number of rotatable bonds is 4. The number of aryl methyl sites for hydroxylation is 1. The first-order valence-electron chi connectivity index (χ1n) is 6.02. The van der Waals surface area contributed by atoms with Gasteiger partial charge in [0, 0.05) is 12.7 Å². The van der Waals surface area contributed by atoms with Crippen LogP contribution in [0.4, 0.5) is 10.1 Å². The van der Waals surface area contributed by atoms with Gasteiger partial charge in [0.25, 0.3) is 0 Å². The van der Waals surface area contributed by atoms with Gasteiger partial charge in [0.15, 0.2) is 0 Å². The van der Waals surface area contributed by atoms with E-state index in [0.717, 1.165) is 0 Å². The highest BCUT2D eigenvalue weighted by atomic mass is 19.1. The van der Waals surface area contributed by atoms with Gasteiger partial charge in [0.05, 0.1) is 0 Å². The van der Waals surface area contributed by atoms with Crippen LogP contribution in [-0.4, -0.2) is 24.0 Å². The molecular formula is C14H18FNO3. The van der Waals surface area contributed by atoms with Gasteiger partial charge in [-0.25, -0.2) is 4.39 Å². The smallest absolute Gasteiger partial charge is 0.316 e. The molecule has 104 valence electrons. The lowest BCUT2D eigenvalue weighted by Gasteiger charge is -2.24. The van der Waals surface area contributed by atoms with Gasteiger partial charge < -0.3 is 10.0 Å². The zero-order valence-corrected chi connectivity index (χ0v) is 11.5. The number of hydrogen-bond donors (Lipinski definition) is 1. The fourth-order valence-corrected chi connectivity index (χ4v) is 1.85. The number of carbonyl (C=O) groups excluding carboxylic acids is 1. The second-order valence-electron chi connectivity index (χ2n) is 4.89. The second-order valence-corrected chi connectivity index (χ2v) is 4.89. The molecular weight excluding hydrogens is 249 g/mol. The van der Waals surface area contributed by atoms with Gasteiger partial charge in [-0.15, -0.1) is 0 Å². The van der Waals surface area contributed by atoms with Crippen LogP contribution >= 0.6 is 0 Å². The summed E-state index contributed by atoms with van der Waals surface area (Å²) in [7, 11) is 1.49. The topological polar surface area (TPSA) is 57.6 Å². The Morgan fingerprint density at radius 1 is 1.32 bits per heavy atom. The van der Waals surface area contributed by atoms with E-state index in [1.54, 1.807) is 20.8 Å². The Balaban J connectivity index is 3.04. The van der Waals surface area contributed by atoms with Crippen molar-refractivity contribution in [3.63, 3.8) is 0 Å². The monoisotopic (exact) mass is 267 g/mol. The van der Waals surface area contributed by atoms with Gasteiger partial charge in [-0.3, -0.25) is 9.59 Å². The molecule has 0 aliphatic rings. The molecule has 5 heteroatoms. The summed E-state index contributed by atoms with van der Waals surface area (Å²) in [5.41, 5.74) is 0.893. The Kier molecular flexibility index (Phi) is 4.64. The fourth-order valence-electron chi connectivity index (χ4n) is 1.85. The molecule has 0 radical (unpaired) electrons. The molecule has 0 aliphatic heterocycles. The normalized spacial score (nSPS) is 12.3. The molecule has 0 saturated heterocycles. The van der Waals surface area contributed by atoms with Crippen LogP contribution in [0, 0.1) is 24.6 Å². The van der Waals surface area contributed by atoms with Gasteiger partial charge in [-0.2, -0.15) is 0 Å². The van der Waals surface area contributed by atoms with E-state index in [1.807, 2.05) is 0 Å². The number of hydrogen-bond acceptors (Lipinski definition) is 2. The number of nitrogens with zero attached hydrogens (tertiary/aromatic N) is 1. The van der Waals surface area contributed by atoms with E-state index in [0.29, 0.717) is 11.3 Å². The molecule has 0 fully saturated rings. The van der Waals surface area contributed by atoms with Gasteiger partial charge in [-0.1, -0.05) is 13.8 Å². The average Bonchev–Trinajstić information content (AvgIpc) is 2.30. The summed E-state index contributed by atoms with van der Waals surface area (Å²) in [4.78, 5) is 24.6. The molecule has 0 aliphatic carbocycles. The van der Waals surface area contributed by atoms with Crippen molar-refractivity contribution in [2.75, 3.05) is 11.9 Å². The molecule has 1 unspecified atom stereocenters. The van der Waals surface area contributed by atoms with Crippen molar-refractivity contribution in [3.8, 4) is 0 Å². The first kappa shape index (κ1) is 15.1. The molecule has 0 heterocycles. The number of benzene rings is 1. The summed E-state index contributed by atoms with van der Waals surface area (Å²) in [6, 6.07) is 4.24. The van der Waals surface area contributed by atoms with Crippen LogP contribution in [0.1, 0.15) is 19.4 Å². The van der Waals surface area contributed by atoms with E-state index in [-0.39, 0.29) is 11.7 Å². The second kappa shape index (κ2) is 5.82. The maximum atomic E-state index is 13.2. The number of amides is 1. The summed E-state index contributed by atoms with van der Waals surface area (Å²) < 4.78 is 13.2. The van der Waals surface area contributed by atoms with Crippen LogP contribution in [0.25, 0.3) is 0 Å². The number of carbonyl (C=O) groups is 2. The lowest BCUT2D eigenvalue weighted by Crippen LogP contribution is -2.39. The van der Waals surface area contributed by atoms with Crippen LogP contribution in [0.15, 0.2) is 18.2 Å². The minimum absolute atomic E-state index is 0.311. The van der Waals surface area contributed by atoms with Gasteiger partial charge >= 0.3 is 5.97 Å². The molecule has 1 amide bonds. The lowest BCUT2D eigenvalue weighted by molar-refractivity contribution is -0.147. The highest BCUT2D eigenvalue weighted by Crippen LogP contribution is 2.21. The van der Waals surface area contributed by atoms with Crippen molar-refractivity contribution >= 4 is 17.6 Å². The van der Waals surface area contributed by atoms with Crippen LogP contribution in [0.3, 0.4) is 0 Å². The molecule has 0 saturated carbocycles. The average molecular weight is 267 g/mol. The van der Waals surface area contributed by atoms with Crippen molar-refractivity contribution in [1.29, 1.82) is 0 Å². The first-order valence-corrected chi connectivity index (χ1v) is 6.02. The summed E-state index contributed by atoms with van der Waals surface area (Å²) in [6.07, 6.45) is 0. The molecule has 1 atom stereocenters. The van der Waals surface area contributed by atoms with Crippen molar-refractivity contribution in [1.82, 2.24) is 0 Å². The summed E-state index contributed by atoms with van der Waals surface area (Å²) >= 11 is 0. The number of carboxylic acids is 1.